The number of thiophene rings is 1. The van der Waals surface area contributed by atoms with Gasteiger partial charge < -0.3 is 5.32 Å². The third kappa shape index (κ3) is 3.65. The van der Waals surface area contributed by atoms with Gasteiger partial charge in [0.15, 0.2) is 0 Å². The fourth-order valence-corrected chi connectivity index (χ4v) is 3.45. The summed E-state index contributed by atoms with van der Waals surface area (Å²) in [6.07, 6.45) is 0. The van der Waals surface area contributed by atoms with Crippen LogP contribution in [0.3, 0.4) is 0 Å². The van der Waals surface area contributed by atoms with Gasteiger partial charge in [-0.3, -0.25) is 0 Å². The van der Waals surface area contributed by atoms with Gasteiger partial charge >= 0.3 is 0 Å². The highest BCUT2D eigenvalue weighted by Crippen LogP contribution is 2.24. The van der Waals surface area contributed by atoms with Crippen molar-refractivity contribution in [3.63, 3.8) is 0 Å². The molecule has 0 saturated heterocycles. The minimum atomic E-state index is 0.349. The molecular formula is C13H13Br2NS. The molecule has 1 aromatic heterocycles. The number of benzene rings is 1. The quantitative estimate of drug-likeness (QED) is 0.782. The summed E-state index contributed by atoms with van der Waals surface area (Å²) in [5.74, 6) is 0. The van der Waals surface area contributed by atoms with Gasteiger partial charge in [0.05, 0.1) is 0 Å². The molecule has 1 heterocycles. The van der Waals surface area contributed by atoms with Crippen LogP contribution in [0.15, 0.2) is 44.7 Å². The highest BCUT2D eigenvalue weighted by Gasteiger charge is 2.07. The molecular weight excluding hydrogens is 362 g/mol. The number of rotatable bonds is 4. The predicted molar refractivity (Wildman–Crippen MR) is 81.4 cm³/mol. The highest BCUT2D eigenvalue weighted by molar-refractivity contribution is 9.10. The lowest BCUT2D eigenvalue weighted by molar-refractivity contribution is 0.578. The van der Waals surface area contributed by atoms with Crippen LogP contribution in [0.2, 0.25) is 0 Å². The van der Waals surface area contributed by atoms with Gasteiger partial charge in [-0.15, -0.1) is 11.3 Å². The molecule has 1 atom stereocenters. The smallest absolute Gasteiger partial charge is 0.0327 e. The number of hydrogen-bond acceptors (Lipinski definition) is 2. The molecule has 2 rings (SSSR count). The third-order valence-electron chi connectivity index (χ3n) is 2.61. The molecule has 1 N–H and O–H groups in total. The summed E-state index contributed by atoms with van der Waals surface area (Å²) >= 11 is 8.82. The molecule has 0 spiro atoms. The Bertz CT molecular complexity index is 496. The molecule has 0 bridgehead atoms. The van der Waals surface area contributed by atoms with Crippen molar-refractivity contribution >= 4 is 43.2 Å². The fraction of sp³-hybridized carbons (Fsp3) is 0.231. The second-order valence-corrected chi connectivity index (χ2v) is 6.62. The molecule has 1 nitrogen and oxygen atoms in total. The first-order chi connectivity index (χ1) is 8.16. The van der Waals surface area contributed by atoms with E-state index in [0.717, 1.165) is 11.0 Å². The van der Waals surface area contributed by atoms with E-state index in [4.69, 9.17) is 0 Å². The van der Waals surface area contributed by atoms with Crippen LogP contribution < -0.4 is 5.32 Å². The largest absolute Gasteiger partial charge is 0.305 e. The Balaban J connectivity index is 1.98. The van der Waals surface area contributed by atoms with E-state index in [-0.39, 0.29) is 0 Å². The van der Waals surface area contributed by atoms with Crippen LogP contribution in [0.25, 0.3) is 0 Å². The van der Waals surface area contributed by atoms with Crippen molar-refractivity contribution in [3.8, 4) is 0 Å². The Morgan fingerprint density at radius 1 is 1.29 bits per heavy atom. The van der Waals surface area contributed by atoms with Gasteiger partial charge in [-0.05, 0) is 52.0 Å². The first-order valence-electron chi connectivity index (χ1n) is 5.37. The lowest BCUT2D eigenvalue weighted by Crippen LogP contribution is -2.17. The lowest BCUT2D eigenvalue weighted by atomic mass is 10.1. The van der Waals surface area contributed by atoms with Crippen LogP contribution in [-0.4, -0.2) is 0 Å². The zero-order valence-corrected chi connectivity index (χ0v) is 13.4. The summed E-state index contributed by atoms with van der Waals surface area (Å²) < 4.78 is 2.32. The van der Waals surface area contributed by atoms with Gasteiger partial charge in [0, 0.05) is 26.4 Å². The highest BCUT2D eigenvalue weighted by atomic mass is 79.9. The molecule has 90 valence electrons. The van der Waals surface area contributed by atoms with Crippen molar-refractivity contribution in [3.05, 3.63) is 55.1 Å². The molecule has 0 aliphatic carbocycles. The van der Waals surface area contributed by atoms with E-state index in [1.165, 1.54) is 14.9 Å². The molecule has 1 aromatic carbocycles. The van der Waals surface area contributed by atoms with E-state index in [0.29, 0.717) is 6.04 Å². The van der Waals surface area contributed by atoms with Crippen molar-refractivity contribution in [2.75, 3.05) is 0 Å². The Labute approximate surface area is 123 Å². The van der Waals surface area contributed by atoms with Crippen molar-refractivity contribution in [2.45, 2.75) is 19.5 Å². The summed E-state index contributed by atoms with van der Waals surface area (Å²) in [4.78, 5) is 1.34. The van der Waals surface area contributed by atoms with Crippen LogP contribution >= 0.6 is 43.2 Å². The topological polar surface area (TPSA) is 12.0 Å². The summed E-state index contributed by atoms with van der Waals surface area (Å²) in [5, 5.41) is 5.63. The molecule has 0 aliphatic heterocycles. The molecule has 0 fully saturated rings. The average molecular weight is 375 g/mol. The molecule has 0 unspecified atom stereocenters. The summed E-state index contributed by atoms with van der Waals surface area (Å²) in [7, 11) is 0. The number of hydrogen-bond donors (Lipinski definition) is 1. The van der Waals surface area contributed by atoms with Crippen LogP contribution in [-0.2, 0) is 6.54 Å². The second-order valence-electron chi connectivity index (χ2n) is 3.85. The van der Waals surface area contributed by atoms with E-state index in [2.05, 4.69) is 73.7 Å². The Morgan fingerprint density at radius 2 is 2.12 bits per heavy atom. The van der Waals surface area contributed by atoms with Crippen molar-refractivity contribution in [2.24, 2.45) is 0 Å². The zero-order valence-electron chi connectivity index (χ0n) is 9.41. The molecule has 4 heteroatoms. The molecule has 0 aliphatic rings. The van der Waals surface area contributed by atoms with E-state index >= 15 is 0 Å². The van der Waals surface area contributed by atoms with E-state index in [1.54, 1.807) is 11.3 Å². The second kappa shape index (κ2) is 6.14. The Hall–Kier alpha value is -0.160. The van der Waals surface area contributed by atoms with E-state index in [9.17, 15) is 0 Å². The molecule has 2 aromatic rings. The van der Waals surface area contributed by atoms with Gasteiger partial charge in [-0.25, -0.2) is 0 Å². The minimum absolute atomic E-state index is 0.349. The standard InChI is InChI=1S/C13H13Br2NS/c1-9(10-3-2-4-11(14)7-10)16-8-13-12(15)5-6-17-13/h2-7,9,16H,8H2,1H3/t9-/m1/s1. The summed E-state index contributed by atoms with van der Waals surface area (Å²) in [6, 6.07) is 10.9. The van der Waals surface area contributed by atoms with Gasteiger partial charge in [-0.1, -0.05) is 28.1 Å². The van der Waals surface area contributed by atoms with Crippen LogP contribution in [0.4, 0.5) is 0 Å². The van der Waals surface area contributed by atoms with Crippen molar-refractivity contribution in [1.29, 1.82) is 0 Å². The Kier molecular flexibility index (Phi) is 4.79. The predicted octanol–water partition coefficient (Wildman–Crippen LogP) is 5.12. The maximum Gasteiger partial charge on any atom is 0.0327 e. The van der Waals surface area contributed by atoms with Crippen molar-refractivity contribution < 1.29 is 0 Å². The van der Waals surface area contributed by atoms with Gasteiger partial charge in [0.1, 0.15) is 0 Å². The van der Waals surface area contributed by atoms with Crippen LogP contribution in [0, 0.1) is 0 Å². The van der Waals surface area contributed by atoms with Crippen molar-refractivity contribution in [1.82, 2.24) is 5.32 Å². The SMILES string of the molecule is C[C@@H](NCc1sccc1Br)c1cccc(Br)c1. The molecule has 0 saturated carbocycles. The number of halogens is 2. The molecule has 0 radical (unpaired) electrons. The maximum atomic E-state index is 3.55. The molecule has 0 amide bonds. The number of nitrogens with one attached hydrogen (secondary N) is 1. The molecule has 17 heavy (non-hydrogen) atoms. The normalized spacial score (nSPS) is 12.6. The summed E-state index contributed by atoms with van der Waals surface area (Å²) in [6.45, 7) is 3.08. The lowest BCUT2D eigenvalue weighted by Gasteiger charge is -2.14. The Morgan fingerprint density at radius 3 is 2.76 bits per heavy atom. The third-order valence-corrected chi connectivity index (χ3v) is 5.03. The zero-order chi connectivity index (χ0) is 12.3. The minimum Gasteiger partial charge on any atom is -0.305 e. The average Bonchev–Trinajstić information content (AvgIpc) is 2.72. The van der Waals surface area contributed by atoms with Gasteiger partial charge in [0.2, 0.25) is 0 Å². The van der Waals surface area contributed by atoms with Crippen LogP contribution in [0.5, 0.6) is 0 Å². The maximum absolute atomic E-state index is 3.55. The van der Waals surface area contributed by atoms with Gasteiger partial charge in [0.25, 0.3) is 0 Å². The fourth-order valence-electron chi connectivity index (χ4n) is 1.59. The summed E-state index contributed by atoms with van der Waals surface area (Å²) in [5.41, 5.74) is 1.30. The van der Waals surface area contributed by atoms with Gasteiger partial charge in [-0.2, -0.15) is 0 Å². The first kappa shape index (κ1) is 13.3. The first-order valence-corrected chi connectivity index (χ1v) is 7.84. The van der Waals surface area contributed by atoms with E-state index in [1.807, 2.05) is 6.07 Å². The van der Waals surface area contributed by atoms with Crippen LogP contribution in [0.1, 0.15) is 23.4 Å². The monoisotopic (exact) mass is 373 g/mol. The van der Waals surface area contributed by atoms with E-state index < -0.39 is 0 Å².